The fourth-order valence-corrected chi connectivity index (χ4v) is 4.89. The van der Waals surface area contributed by atoms with E-state index in [4.69, 9.17) is 14.1 Å². The van der Waals surface area contributed by atoms with Crippen LogP contribution in [-0.4, -0.2) is 28.4 Å². The molecular formula is C31H20FIN4O4. The molecule has 202 valence electrons. The number of carbonyl (C=O) groups is 1. The molecule has 6 rings (SSSR count). The molecule has 0 aliphatic carbocycles. The number of halogens is 2. The molecule has 0 spiro atoms. The summed E-state index contributed by atoms with van der Waals surface area (Å²) in [7, 11) is 0. The fourth-order valence-electron chi connectivity index (χ4n) is 4.19. The van der Waals surface area contributed by atoms with E-state index >= 15 is 0 Å². The number of hydrogen-bond donors (Lipinski definition) is 1. The van der Waals surface area contributed by atoms with Gasteiger partial charge in [0.1, 0.15) is 17.1 Å². The van der Waals surface area contributed by atoms with Crippen LogP contribution in [0.5, 0.6) is 5.75 Å². The van der Waals surface area contributed by atoms with Gasteiger partial charge >= 0.3 is 0 Å². The van der Waals surface area contributed by atoms with E-state index in [1.165, 1.54) is 28.9 Å². The molecule has 8 nitrogen and oxygen atoms in total. The molecule has 1 amide bonds. The highest BCUT2D eigenvalue weighted by Gasteiger charge is 2.16. The number of fused-ring (bicyclic) bond motifs is 2. The number of hydrogen-bond acceptors (Lipinski definition) is 6. The highest BCUT2D eigenvalue weighted by atomic mass is 127. The van der Waals surface area contributed by atoms with Crippen molar-refractivity contribution in [1.82, 2.24) is 9.66 Å². The maximum absolute atomic E-state index is 13.5. The summed E-state index contributed by atoms with van der Waals surface area (Å²) >= 11 is 2.10. The zero-order valence-corrected chi connectivity index (χ0v) is 23.4. The number of amides is 1. The Bertz CT molecular complexity index is 1970. The number of para-hydroxylation sites is 2. The lowest BCUT2D eigenvalue weighted by Crippen LogP contribution is -2.20. The monoisotopic (exact) mass is 658 g/mol. The third kappa shape index (κ3) is 5.73. The maximum atomic E-state index is 13.5. The van der Waals surface area contributed by atoms with Crippen molar-refractivity contribution in [1.29, 1.82) is 0 Å². The Morgan fingerprint density at radius 1 is 1.02 bits per heavy atom. The van der Waals surface area contributed by atoms with E-state index in [1.54, 1.807) is 36.5 Å². The molecule has 0 saturated heterocycles. The van der Waals surface area contributed by atoms with Crippen molar-refractivity contribution >= 4 is 62.3 Å². The number of aromatic nitrogens is 2. The summed E-state index contributed by atoms with van der Waals surface area (Å²) in [6, 6.07) is 27.3. The van der Waals surface area contributed by atoms with E-state index in [0.717, 1.165) is 8.96 Å². The van der Waals surface area contributed by atoms with Crippen LogP contribution in [0.15, 0.2) is 111 Å². The Morgan fingerprint density at radius 2 is 1.80 bits per heavy atom. The van der Waals surface area contributed by atoms with Gasteiger partial charge in [-0.3, -0.25) is 9.59 Å². The van der Waals surface area contributed by atoms with Crippen molar-refractivity contribution < 1.29 is 18.3 Å². The van der Waals surface area contributed by atoms with Gasteiger partial charge in [0, 0.05) is 11.1 Å². The minimum absolute atomic E-state index is 0.222. The lowest BCUT2D eigenvalue weighted by molar-refractivity contribution is -0.118. The molecule has 0 aliphatic heterocycles. The van der Waals surface area contributed by atoms with Crippen molar-refractivity contribution in [2.45, 2.75) is 0 Å². The summed E-state index contributed by atoms with van der Waals surface area (Å²) in [5.41, 5.74) is 2.06. The van der Waals surface area contributed by atoms with Gasteiger partial charge in [0.05, 0.1) is 20.7 Å². The third-order valence-corrected chi connectivity index (χ3v) is 7.01. The van der Waals surface area contributed by atoms with Crippen LogP contribution in [0.25, 0.3) is 33.5 Å². The number of carbonyl (C=O) groups excluding carboxylic acids is 1. The van der Waals surface area contributed by atoms with Gasteiger partial charge in [-0.1, -0.05) is 30.3 Å². The highest BCUT2D eigenvalue weighted by molar-refractivity contribution is 14.1. The molecule has 10 heteroatoms. The molecule has 6 aromatic rings. The van der Waals surface area contributed by atoms with E-state index in [1.807, 2.05) is 42.5 Å². The molecule has 1 N–H and O–H groups in total. The highest BCUT2D eigenvalue weighted by Crippen LogP contribution is 2.27. The van der Waals surface area contributed by atoms with Crippen molar-refractivity contribution in [3.8, 4) is 17.3 Å². The zero-order chi connectivity index (χ0) is 28.3. The first-order chi connectivity index (χ1) is 19.9. The van der Waals surface area contributed by atoms with Gasteiger partial charge < -0.3 is 14.5 Å². The summed E-state index contributed by atoms with van der Waals surface area (Å²) < 4.78 is 26.7. The van der Waals surface area contributed by atoms with E-state index in [0.29, 0.717) is 39.2 Å². The summed E-state index contributed by atoms with van der Waals surface area (Å²) in [6.45, 7) is -0.222. The van der Waals surface area contributed by atoms with E-state index in [9.17, 15) is 14.0 Å². The van der Waals surface area contributed by atoms with Gasteiger partial charge in [0.2, 0.25) is 5.82 Å². The molecule has 4 aromatic carbocycles. The van der Waals surface area contributed by atoms with Gasteiger partial charge in [-0.2, -0.15) is 9.78 Å². The summed E-state index contributed by atoms with van der Waals surface area (Å²) in [6.07, 6.45) is 1.55. The normalized spacial score (nSPS) is 11.4. The van der Waals surface area contributed by atoms with E-state index in [2.05, 4.69) is 33.0 Å². The second kappa shape index (κ2) is 11.3. The fraction of sp³-hybridized carbons (Fsp3) is 0.0323. The second-order valence-electron chi connectivity index (χ2n) is 9.00. The number of rotatable bonds is 7. The van der Waals surface area contributed by atoms with Crippen LogP contribution in [-0.2, 0) is 4.79 Å². The smallest absolute Gasteiger partial charge is 0.282 e. The number of anilines is 1. The van der Waals surface area contributed by atoms with Crippen molar-refractivity contribution in [2.75, 3.05) is 11.9 Å². The standard InChI is InChI=1S/C31H20FIN4O4/c32-21-10-12-22(13-11-21)35-29(38)18-40-27-14-9-19(15-24(27)33)17-34-37-30(28-16-20-5-1-4-8-26(20)41-28)36-25-7-3-2-6-23(25)31(37)39/h1-17H,18H2,(H,35,38). The number of ether oxygens (including phenoxy) is 1. The molecule has 2 heterocycles. The third-order valence-electron chi connectivity index (χ3n) is 6.16. The number of furan rings is 1. The van der Waals surface area contributed by atoms with Gasteiger partial charge in [-0.15, -0.1) is 0 Å². The molecule has 0 fully saturated rings. The van der Waals surface area contributed by atoms with Crippen LogP contribution in [0, 0.1) is 9.39 Å². The van der Waals surface area contributed by atoms with E-state index < -0.39 is 0 Å². The molecular weight excluding hydrogens is 638 g/mol. The summed E-state index contributed by atoms with van der Waals surface area (Å²) in [5.74, 6) is 0.445. The molecule has 0 saturated carbocycles. The van der Waals surface area contributed by atoms with Gasteiger partial charge in [0.15, 0.2) is 12.4 Å². The first kappa shape index (κ1) is 26.4. The van der Waals surface area contributed by atoms with Crippen molar-refractivity contribution in [2.24, 2.45) is 5.10 Å². The largest absolute Gasteiger partial charge is 0.483 e. The minimum atomic E-state index is -0.384. The average Bonchev–Trinajstić information content (AvgIpc) is 3.42. The Morgan fingerprint density at radius 3 is 2.61 bits per heavy atom. The van der Waals surface area contributed by atoms with Crippen LogP contribution >= 0.6 is 22.6 Å². The molecule has 0 atom stereocenters. The number of benzene rings is 4. The Kier molecular flexibility index (Phi) is 7.30. The summed E-state index contributed by atoms with van der Waals surface area (Å²) in [5, 5.41) is 8.46. The lowest BCUT2D eigenvalue weighted by atomic mass is 10.2. The zero-order valence-electron chi connectivity index (χ0n) is 21.3. The molecule has 0 radical (unpaired) electrons. The SMILES string of the molecule is O=C(COc1ccc(C=Nn2c(-c3cc4ccccc4o3)nc3ccccc3c2=O)cc1I)Nc1ccc(F)cc1. The number of nitrogens with one attached hydrogen (secondary N) is 1. The Hall–Kier alpha value is -4.84. The van der Waals surface area contributed by atoms with Gasteiger partial charge in [0.25, 0.3) is 11.5 Å². The Labute approximate surface area is 246 Å². The van der Waals surface area contributed by atoms with Gasteiger partial charge in [-0.05, 0) is 94.9 Å². The van der Waals surface area contributed by atoms with Crippen LogP contribution in [0.3, 0.4) is 0 Å². The van der Waals surface area contributed by atoms with Crippen molar-refractivity contribution in [3.05, 3.63) is 122 Å². The lowest BCUT2D eigenvalue weighted by Gasteiger charge is -2.10. The maximum Gasteiger partial charge on any atom is 0.282 e. The van der Waals surface area contributed by atoms with E-state index in [-0.39, 0.29) is 29.7 Å². The van der Waals surface area contributed by atoms with Crippen LogP contribution in [0.4, 0.5) is 10.1 Å². The second-order valence-corrected chi connectivity index (χ2v) is 10.2. The van der Waals surface area contributed by atoms with Crippen LogP contribution in [0.2, 0.25) is 0 Å². The predicted molar refractivity (Wildman–Crippen MR) is 164 cm³/mol. The first-order valence-corrected chi connectivity index (χ1v) is 13.6. The quantitative estimate of drug-likeness (QED) is 0.157. The topological polar surface area (TPSA) is 98.7 Å². The molecule has 0 unspecified atom stereocenters. The molecule has 0 aliphatic rings. The molecule has 41 heavy (non-hydrogen) atoms. The molecule has 2 aromatic heterocycles. The van der Waals surface area contributed by atoms with Crippen LogP contribution < -0.4 is 15.6 Å². The first-order valence-electron chi connectivity index (χ1n) is 12.5. The summed E-state index contributed by atoms with van der Waals surface area (Å²) in [4.78, 5) is 30.4. The molecule has 0 bridgehead atoms. The average molecular weight is 658 g/mol. The Balaban J connectivity index is 1.25. The number of nitrogens with zero attached hydrogens (tertiary/aromatic N) is 3. The van der Waals surface area contributed by atoms with Crippen molar-refractivity contribution in [3.63, 3.8) is 0 Å². The predicted octanol–water partition coefficient (Wildman–Crippen LogP) is 6.45. The van der Waals surface area contributed by atoms with Crippen LogP contribution in [0.1, 0.15) is 5.56 Å². The minimum Gasteiger partial charge on any atom is -0.483 e. The van der Waals surface area contributed by atoms with Gasteiger partial charge in [-0.25, -0.2) is 9.37 Å².